The normalized spacial score (nSPS) is 15.0. The number of hydrazone groups is 1. The van der Waals surface area contributed by atoms with Crippen molar-refractivity contribution in [2.45, 2.75) is 50.7 Å². The molecule has 142 valence electrons. The van der Waals surface area contributed by atoms with E-state index in [1.807, 2.05) is 13.8 Å². The molecule has 0 spiro atoms. The quantitative estimate of drug-likeness (QED) is 0.366. The molecule has 0 saturated heterocycles. The number of amides is 1. The number of aliphatic carboxylic acids is 1. The minimum absolute atomic E-state index is 0.00696. The van der Waals surface area contributed by atoms with Gasteiger partial charge in [0.1, 0.15) is 11.6 Å². The van der Waals surface area contributed by atoms with Crippen LogP contribution in [0.3, 0.4) is 0 Å². The van der Waals surface area contributed by atoms with Gasteiger partial charge in [0, 0.05) is 29.2 Å². The summed E-state index contributed by atoms with van der Waals surface area (Å²) in [6.45, 7) is 3.86. The minimum atomic E-state index is -0.891. The molecule has 0 aliphatic heterocycles. The number of thiol groups is 1. The average Bonchev–Trinajstić information content (AvgIpc) is 2.91. The minimum Gasteiger partial charge on any atom is -0.493 e. The lowest BCUT2D eigenvalue weighted by atomic mass is 10.1. The Hall–Kier alpha value is -2.09. The van der Waals surface area contributed by atoms with Gasteiger partial charge in [-0.3, -0.25) is 9.59 Å². The maximum atomic E-state index is 14.5. The van der Waals surface area contributed by atoms with E-state index in [1.54, 1.807) is 6.07 Å². The van der Waals surface area contributed by atoms with E-state index in [0.29, 0.717) is 36.3 Å². The van der Waals surface area contributed by atoms with Crippen LogP contribution in [0.1, 0.15) is 50.7 Å². The number of hydrogen-bond donors (Lipinski definition) is 3. The molecule has 0 aromatic heterocycles. The van der Waals surface area contributed by atoms with Gasteiger partial charge in [0.15, 0.2) is 0 Å². The summed E-state index contributed by atoms with van der Waals surface area (Å²) in [5, 5.41) is 12.7. The molecule has 1 aromatic rings. The van der Waals surface area contributed by atoms with Crippen molar-refractivity contribution in [3.05, 3.63) is 29.1 Å². The Morgan fingerprint density at radius 3 is 2.77 bits per heavy atom. The number of rotatable bonds is 8. The van der Waals surface area contributed by atoms with Crippen LogP contribution < -0.4 is 10.2 Å². The van der Waals surface area contributed by atoms with Crippen LogP contribution in [0.15, 0.2) is 17.2 Å². The first-order valence-electron chi connectivity index (χ1n) is 8.41. The lowest BCUT2D eigenvalue weighted by Crippen LogP contribution is -2.26. The number of nitrogens with one attached hydrogen (secondary N) is 1. The van der Waals surface area contributed by atoms with Crippen molar-refractivity contribution >= 4 is 30.2 Å². The molecule has 2 N–H and O–H groups in total. The van der Waals surface area contributed by atoms with Crippen molar-refractivity contribution in [2.24, 2.45) is 5.10 Å². The Kier molecular flexibility index (Phi) is 6.63. The third kappa shape index (κ3) is 6.01. The number of fused-ring (bicyclic) bond motifs is 1. The lowest BCUT2D eigenvalue weighted by molar-refractivity contribution is -0.137. The zero-order chi connectivity index (χ0) is 19.3. The predicted octanol–water partition coefficient (Wildman–Crippen LogP) is 2.93. The van der Waals surface area contributed by atoms with E-state index in [4.69, 9.17) is 9.84 Å². The highest BCUT2D eigenvalue weighted by Gasteiger charge is 2.24. The van der Waals surface area contributed by atoms with Gasteiger partial charge in [-0.25, -0.2) is 9.82 Å². The molecular formula is C18H23FN2O4S. The summed E-state index contributed by atoms with van der Waals surface area (Å²) >= 11 is 4.30. The van der Waals surface area contributed by atoms with Crippen molar-refractivity contribution in [2.75, 3.05) is 6.61 Å². The summed E-state index contributed by atoms with van der Waals surface area (Å²) in [7, 11) is 0. The van der Waals surface area contributed by atoms with Gasteiger partial charge >= 0.3 is 5.97 Å². The molecule has 0 fully saturated rings. The SMILES string of the molecule is CC(C)(S)CC(=O)NN=C1CCc2cc(OCCCC(=O)O)cc(F)c21. The summed E-state index contributed by atoms with van der Waals surface area (Å²) in [5.41, 5.74) is 4.12. The van der Waals surface area contributed by atoms with E-state index < -0.39 is 16.5 Å². The van der Waals surface area contributed by atoms with Crippen molar-refractivity contribution in [1.82, 2.24) is 5.43 Å². The molecule has 1 amide bonds. The van der Waals surface area contributed by atoms with Crippen molar-refractivity contribution in [1.29, 1.82) is 0 Å². The maximum absolute atomic E-state index is 14.5. The maximum Gasteiger partial charge on any atom is 0.303 e. The summed E-state index contributed by atoms with van der Waals surface area (Å²) in [4.78, 5) is 22.3. The van der Waals surface area contributed by atoms with Crippen LogP contribution in [0.25, 0.3) is 0 Å². The first kappa shape index (κ1) is 20.2. The number of aryl methyl sites for hydroxylation is 1. The number of carboxylic acids is 1. The van der Waals surface area contributed by atoms with E-state index in [2.05, 4.69) is 23.2 Å². The molecule has 0 unspecified atom stereocenters. The summed E-state index contributed by atoms with van der Waals surface area (Å²) in [5.74, 6) is -1.26. The van der Waals surface area contributed by atoms with E-state index in [1.165, 1.54) is 6.07 Å². The van der Waals surface area contributed by atoms with Crippen LogP contribution in [0.5, 0.6) is 5.75 Å². The zero-order valence-corrected chi connectivity index (χ0v) is 15.7. The number of ether oxygens (including phenoxy) is 1. The number of carboxylic acid groups (broad SMARTS) is 1. The second-order valence-corrected chi connectivity index (χ2v) is 8.08. The van der Waals surface area contributed by atoms with Crippen LogP contribution >= 0.6 is 12.6 Å². The summed E-state index contributed by atoms with van der Waals surface area (Å²) in [6.07, 6.45) is 1.69. The number of carbonyl (C=O) groups is 2. The van der Waals surface area contributed by atoms with Crippen LogP contribution in [0.4, 0.5) is 4.39 Å². The van der Waals surface area contributed by atoms with Crippen LogP contribution in [0.2, 0.25) is 0 Å². The molecule has 0 radical (unpaired) electrons. The smallest absolute Gasteiger partial charge is 0.303 e. The molecular weight excluding hydrogens is 359 g/mol. The fraction of sp³-hybridized carbons (Fsp3) is 0.500. The molecule has 0 heterocycles. The van der Waals surface area contributed by atoms with Crippen LogP contribution in [-0.2, 0) is 16.0 Å². The van der Waals surface area contributed by atoms with Crippen LogP contribution in [-0.4, -0.2) is 34.0 Å². The first-order chi connectivity index (χ1) is 12.2. The van der Waals surface area contributed by atoms with Gasteiger partial charge in [-0.1, -0.05) is 13.8 Å². The second kappa shape index (κ2) is 8.53. The Balaban J connectivity index is 2.02. The standard InChI is InChI=1S/C18H23FN2O4S/c1-18(2,26)10-15(22)21-20-14-6-5-11-8-12(9-13(19)17(11)14)25-7-3-4-16(23)24/h8-9,26H,3-7,10H2,1-2H3,(H,21,22)(H,23,24). The fourth-order valence-electron chi connectivity index (χ4n) is 2.71. The molecule has 1 aromatic carbocycles. The van der Waals surface area contributed by atoms with Gasteiger partial charge in [0.05, 0.1) is 12.3 Å². The molecule has 26 heavy (non-hydrogen) atoms. The Morgan fingerprint density at radius 1 is 1.38 bits per heavy atom. The molecule has 6 nitrogen and oxygen atoms in total. The van der Waals surface area contributed by atoms with E-state index in [9.17, 15) is 14.0 Å². The third-order valence-corrected chi connectivity index (χ3v) is 3.94. The monoisotopic (exact) mass is 382 g/mol. The van der Waals surface area contributed by atoms with E-state index in [-0.39, 0.29) is 25.4 Å². The highest BCUT2D eigenvalue weighted by molar-refractivity contribution is 7.81. The Bertz CT molecular complexity index is 729. The molecule has 0 atom stereocenters. The highest BCUT2D eigenvalue weighted by Crippen LogP contribution is 2.30. The summed E-state index contributed by atoms with van der Waals surface area (Å²) in [6, 6.07) is 3.00. The molecule has 8 heteroatoms. The van der Waals surface area contributed by atoms with Gasteiger partial charge in [0.25, 0.3) is 0 Å². The van der Waals surface area contributed by atoms with Crippen LogP contribution in [0, 0.1) is 5.82 Å². The first-order valence-corrected chi connectivity index (χ1v) is 8.85. The predicted molar refractivity (Wildman–Crippen MR) is 99.4 cm³/mol. The van der Waals surface area contributed by atoms with Gasteiger partial charge in [0.2, 0.25) is 5.91 Å². The van der Waals surface area contributed by atoms with Gasteiger partial charge in [-0.05, 0) is 30.9 Å². The van der Waals surface area contributed by atoms with Gasteiger partial charge < -0.3 is 9.84 Å². The molecule has 1 aliphatic rings. The number of halogens is 1. The molecule has 0 bridgehead atoms. The Morgan fingerprint density at radius 2 is 2.12 bits per heavy atom. The third-order valence-electron chi connectivity index (χ3n) is 3.78. The number of carbonyl (C=O) groups excluding carboxylic acids is 1. The molecule has 0 saturated carbocycles. The van der Waals surface area contributed by atoms with E-state index >= 15 is 0 Å². The van der Waals surface area contributed by atoms with Gasteiger partial charge in [-0.2, -0.15) is 17.7 Å². The average molecular weight is 382 g/mol. The second-order valence-electron chi connectivity index (χ2n) is 6.87. The lowest BCUT2D eigenvalue weighted by Gasteiger charge is -2.15. The van der Waals surface area contributed by atoms with E-state index in [0.717, 1.165) is 5.56 Å². The summed E-state index contributed by atoms with van der Waals surface area (Å²) < 4.78 is 19.4. The molecule has 2 rings (SSSR count). The van der Waals surface area contributed by atoms with Crippen molar-refractivity contribution in [3.8, 4) is 5.75 Å². The largest absolute Gasteiger partial charge is 0.493 e. The van der Waals surface area contributed by atoms with Crippen molar-refractivity contribution < 1.29 is 23.8 Å². The zero-order valence-electron chi connectivity index (χ0n) is 14.8. The number of nitrogens with zero attached hydrogens (tertiary/aromatic N) is 1. The highest BCUT2D eigenvalue weighted by atomic mass is 32.1. The number of hydrogen-bond acceptors (Lipinski definition) is 5. The number of benzene rings is 1. The molecule has 1 aliphatic carbocycles. The van der Waals surface area contributed by atoms with Crippen molar-refractivity contribution in [3.63, 3.8) is 0 Å². The fourth-order valence-corrected chi connectivity index (χ4v) is 2.85. The topological polar surface area (TPSA) is 88.0 Å². The Labute approximate surface area is 157 Å². The van der Waals surface area contributed by atoms with Gasteiger partial charge in [-0.15, -0.1) is 0 Å².